The van der Waals surface area contributed by atoms with Crippen LogP contribution in [0.25, 0.3) is 0 Å². The number of rotatable bonds is 2. The Morgan fingerprint density at radius 1 is 1.44 bits per heavy atom. The van der Waals surface area contributed by atoms with Crippen LogP contribution in [-0.2, 0) is 0 Å². The Labute approximate surface area is 93.6 Å². The van der Waals surface area contributed by atoms with Crippen LogP contribution in [0.5, 0.6) is 0 Å². The van der Waals surface area contributed by atoms with Crippen LogP contribution < -0.4 is 10.6 Å². The maximum absolute atomic E-state index is 11.8. The summed E-state index contributed by atoms with van der Waals surface area (Å²) in [7, 11) is 0. The summed E-state index contributed by atoms with van der Waals surface area (Å²) in [6.45, 7) is 0. The van der Waals surface area contributed by atoms with Gasteiger partial charge in [-0.25, -0.2) is 0 Å². The maximum Gasteiger partial charge on any atom is 0.273 e. The third-order valence-corrected chi connectivity index (χ3v) is 3.48. The Morgan fingerprint density at radius 2 is 2.19 bits per heavy atom. The molecular weight excluding hydrogens is 206 g/mol. The van der Waals surface area contributed by atoms with E-state index in [9.17, 15) is 4.79 Å². The number of carbonyl (C=O) groups is 1. The molecule has 5 heteroatoms. The first-order chi connectivity index (χ1) is 7.81. The smallest absolute Gasteiger partial charge is 0.273 e. The summed E-state index contributed by atoms with van der Waals surface area (Å²) < 4.78 is 4.66. The van der Waals surface area contributed by atoms with Gasteiger partial charge in [0, 0.05) is 24.2 Å². The zero-order valence-corrected chi connectivity index (χ0v) is 8.98. The number of aromatic nitrogens is 1. The Hall–Kier alpha value is -1.36. The van der Waals surface area contributed by atoms with E-state index in [0.29, 0.717) is 17.8 Å². The molecule has 2 bridgehead atoms. The summed E-state index contributed by atoms with van der Waals surface area (Å²) in [5.74, 6) is -0.125. The normalized spacial score (nSPS) is 32.6. The fourth-order valence-corrected chi connectivity index (χ4v) is 2.76. The lowest BCUT2D eigenvalue weighted by molar-refractivity contribution is 0.0915. The molecule has 1 aromatic heterocycles. The van der Waals surface area contributed by atoms with Crippen LogP contribution in [0.15, 0.2) is 16.9 Å². The number of hydrogen-bond donors (Lipinski definition) is 2. The highest BCUT2D eigenvalue weighted by Gasteiger charge is 2.34. The monoisotopic (exact) mass is 221 g/mol. The fraction of sp³-hybridized carbons (Fsp3) is 0.636. The van der Waals surface area contributed by atoms with Crippen molar-refractivity contribution < 1.29 is 9.32 Å². The highest BCUT2D eigenvalue weighted by atomic mass is 16.5. The van der Waals surface area contributed by atoms with Gasteiger partial charge in [0.2, 0.25) is 0 Å². The predicted octanol–water partition coefficient (Wildman–Crippen LogP) is 0.687. The van der Waals surface area contributed by atoms with Gasteiger partial charge >= 0.3 is 0 Å². The molecule has 3 heterocycles. The summed E-state index contributed by atoms with van der Waals surface area (Å²) in [5.41, 5.74) is 0.367. The first-order valence-corrected chi connectivity index (χ1v) is 5.78. The number of carbonyl (C=O) groups excluding carboxylic acids is 1. The zero-order chi connectivity index (χ0) is 11.0. The van der Waals surface area contributed by atoms with Crippen molar-refractivity contribution in [3.63, 3.8) is 0 Å². The SMILES string of the molecule is O=C(NC1C[C@H]2CC[C@@H](C1)N2)c1ccon1. The molecule has 2 saturated heterocycles. The third kappa shape index (κ3) is 1.82. The molecule has 16 heavy (non-hydrogen) atoms. The molecule has 1 aromatic rings. The molecule has 0 aliphatic carbocycles. The molecule has 86 valence electrons. The topological polar surface area (TPSA) is 67.2 Å². The van der Waals surface area contributed by atoms with Crippen molar-refractivity contribution in [2.24, 2.45) is 0 Å². The van der Waals surface area contributed by atoms with E-state index in [0.717, 1.165) is 12.8 Å². The first-order valence-electron chi connectivity index (χ1n) is 5.78. The van der Waals surface area contributed by atoms with E-state index in [4.69, 9.17) is 0 Å². The Balaban J connectivity index is 1.61. The first kappa shape index (κ1) is 9.84. The largest absolute Gasteiger partial charge is 0.364 e. The van der Waals surface area contributed by atoms with Crippen LogP contribution in [0.2, 0.25) is 0 Å². The van der Waals surface area contributed by atoms with Gasteiger partial charge in [-0.3, -0.25) is 4.79 Å². The maximum atomic E-state index is 11.8. The molecule has 2 fully saturated rings. The van der Waals surface area contributed by atoms with Gasteiger partial charge < -0.3 is 15.2 Å². The Bertz CT molecular complexity index is 365. The van der Waals surface area contributed by atoms with E-state index in [1.807, 2.05) is 0 Å². The second-order valence-electron chi connectivity index (χ2n) is 4.66. The molecule has 1 unspecified atom stereocenters. The van der Waals surface area contributed by atoms with Crippen LogP contribution in [0.1, 0.15) is 36.2 Å². The van der Waals surface area contributed by atoms with Crippen molar-refractivity contribution in [3.8, 4) is 0 Å². The average Bonchev–Trinajstić information content (AvgIpc) is 2.88. The molecule has 1 amide bonds. The van der Waals surface area contributed by atoms with Crippen LogP contribution in [0.4, 0.5) is 0 Å². The standard InChI is InChI=1S/C11H15N3O2/c15-11(10-3-4-16-14-10)13-9-5-7-1-2-8(6-9)12-7/h3-4,7-9,12H,1-2,5-6H2,(H,13,15)/t7-,8+,9?. The van der Waals surface area contributed by atoms with E-state index in [1.54, 1.807) is 6.07 Å². The average molecular weight is 221 g/mol. The van der Waals surface area contributed by atoms with Crippen LogP contribution >= 0.6 is 0 Å². The molecular formula is C11H15N3O2. The van der Waals surface area contributed by atoms with Gasteiger partial charge in [0.15, 0.2) is 5.69 Å². The minimum Gasteiger partial charge on any atom is -0.364 e. The van der Waals surface area contributed by atoms with Crippen molar-refractivity contribution in [2.45, 2.75) is 43.8 Å². The van der Waals surface area contributed by atoms with E-state index in [-0.39, 0.29) is 11.9 Å². The summed E-state index contributed by atoms with van der Waals surface area (Å²) >= 11 is 0. The van der Waals surface area contributed by atoms with Crippen LogP contribution in [0, 0.1) is 0 Å². The molecule has 2 aliphatic heterocycles. The van der Waals surface area contributed by atoms with Gasteiger partial charge in [-0.2, -0.15) is 0 Å². The second-order valence-corrected chi connectivity index (χ2v) is 4.66. The lowest BCUT2D eigenvalue weighted by Gasteiger charge is -2.29. The van der Waals surface area contributed by atoms with Gasteiger partial charge in [-0.15, -0.1) is 0 Å². The number of hydrogen-bond acceptors (Lipinski definition) is 4. The molecule has 0 saturated carbocycles. The Morgan fingerprint density at radius 3 is 2.81 bits per heavy atom. The summed E-state index contributed by atoms with van der Waals surface area (Å²) in [5, 5.41) is 10.2. The highest BCUT2D eigenvalue weighted by molar-refractivity contribution is 5.92. The minimum atomic E-state index is -0.125. The summed E-state index contributed by atoms with van der Waals surface area (Å²) in [4.78, 5) is 11.8. The van der Waals surface area contributed by atoms with Gasteiger partial charge in [-0.1, -0.05) is 5.16 Å². The van der Waals surface area contributed by atoms with Crippen LogP contribution in [-0.4, -0.2) is 29.2 Å². The van der Waals surface area contributed by atoms with Crippen molar-refractivity contribution in [1.82, 2.24) is 15.8 Å². The highest BCUT2D eigenvalue weighted by Crippen LogP contribution is 2.26. The molecule has 0 spiro atoms. The number of amides is 1. The molecule has 0 aromatic carbocycles. The summed E-state index contributed by atoms with van der Waals surface area (Å²) in [6.07, 6.45) is 5.95. The van der Waals surface area contributed by atoms with Crippen molar-refractivity contribution >= 4 is 5.91 Å². The van der Waals surface area contributed by atoms with Crippen LogP contribution in [0.3, 0.4) is 0 Å². The van der Waals surface area contributed by atoms with E-state index in [1.165, 1.54) is 19.1 Å². The second kappa shape index (κ2) is 3.90. The van der Waals surface area contributed by atoms with Crippen molar-refractivity contribution in [2.75, 3.05) is 0 Å². The van der Waals surface area contributed by atoms with Gasteiger partial charge in [-0.05, 0) is 25.7 Å². The van der Waals surface area contributed by atoms with Crippen molar-refractivity contribution in [3.05, 3.63) is 18.0 Å². The molecule has 5 nitrogen and oxygen atoms in total. The van der Waals surface area contributed by atoms with Crippen molar-refractivity contribution in [1.29, 1.82) is 0 Å². The minimum absolute atomic E-state index is 0.125. The predicted molar refractivity (Wildman–Crippen MR) is 56.9 cm³/mol. The van der Waals surface area contributed by atoms with E-state index >= 15 is 0 Å². The molecule has 2 N–H and O–H groups in total. The number of nitrogens with one attached hydrogen (secondary N) is 2. The zero-order valence-electron chi connectivity index (χ0n) is 8.98. The number of fused-ring (bicyclic) bond motifs is 2. The lowest BCUT2D eigenvalue weighted by Crippen LogP contribution is -2.48. The molecule has 3 rings (SSSR count). The molecule has 0 radical (unpaired) electrons. The quantitative estimate of drug-likeness (QED) is 0.771. The number of piperidine rings is 1. The Kier molecular flexibility index (Phi) is 2.40. The van der Waals surface area contributed by atoms with Gasteiger partial charge in [0.05, 0.1) is 0 Å². The van der Waals surface area contributed by atoms with E-state index < -0.39 is 0 Å². The fourth-order valence-electron chi connectivity index (χ4n) is 2.76. The number of nitrogens with zero attached hydrogens (tertiary/aromatic N) is 1. The molecule has 3 atom stereocenters. The summed E-state index contributed by atoms with van der Waals surface area (Å²) in [6, 6.07) is 3.04. The third-order valence-electron chi connectivity index (χ3n) is 3.48. The molecule has 2 aliphatic rings. The van der Waals surface area contributed by atoms with Gasteiger partial charge in [0.1, 0.15) is 6.26 Å². The van der Waals surface area contributed by atoms with E-state index in [2.05, 4.69) is 20.3 Å². The lowest BCUT2D eigenvalue weighted by atomic mass is 10.00. The van der Waals surface area contributed by atoms with Gasteiger partial charge in [0.25, 0.3) is 5.91 Å².